The van der Waals surface area contributed by atoms with E-state index in [1.54, 1.807) is 0 Å². The van der Waals surface area contributed by atoms with Crippen molar-refractivity contribution in [3.63, 3.8) is 0 Å². The van der Waals surface area contributed by atoms with Crippen LogP contribution in [0.4, 0.5) is 11.4 Å². The molecule has 270 valence electrons. The van der Waals surface area contributed by atoms with Crippen LogP contribution in [0.2, 0.25) is 0 Å². The zero-order valence-corrected chi connectivity index (χ0v) is 31.7. The number of fused-ring (bicyclic) bond motifs is 10. The number of nitrogens with zero attached hydrogens (tertiary/aromatic N) is 2. The summed E-state index contributed by atoms with van der Waals surface area (Å²) in [4.78, 5) is 2.50. The molecule has 0 fully saturated rings. The second-order valence-electron chi connectivity index (χ2n) is 15.9. The molecule has 0 amide bonds. The summed E-state index contributed by atoms with van der Waals surface area (Å²) in [5.74, 6) is 0.375. The van der Waals surface area contributed by atoms with E-state index in [2.05, 4.69) is 210 Å². The molecule has 0 saturated heterocycles. The molecule has 9 aromatic carbocycles. The molecule has 2 nitrogen and oxygen atoms in total. The number of hydrogen-bond donors (Lipinski definition) is 0. The minimum Gasteiger partial charge on any atom is -0.313 e. The van der Waals surface area contributed by atoms with Crippen LogP contribution >= 0.6 is 0 Å². The van der Waals surface area contributed by atoms with E-state index in [0.717, 1.165) is 12.1 Å². The normalized spacial score (nSPS) is 15.0. The van der Waals surface area contributed by atoms with Gasteiger partial charge in [0.05, 0.1) is 11.0 Å². The highest BCUT2D eigenvalue weighted by molar-refractivity contribution is 6.27. The Hall–Kier alpha value is -7.42. The third-order valence-electron chi connectivity index (χ3n) is 13.0. The third-order valence-corrected chi connectivity index (χ3v) is 13.0. The molecule has 1 aromatic heterocycles. The lowest BCUT2D eigenvalue weighted by molar-refractivity contribution is 0.819. The van der Waals surface area contributed by atoms with E-state index in [1.165, 1.54) is 110 Å². The van der Waals surface area contributed by atoms with Crippen molar-refractivity contribution in [1.29, 1.82) is 0 Å². The quantitative estimate of drug-likeness (QED) is 0.175. The maximum absolute atomic E-state index is 2.50. The molecule has 1 unspecified atom stereocenters. The molecule has 0 saturated carbocycles. The first kappa shape index (κ1) is 31.7. The van der Waals surface area contributed by atoms with Crippen LogP contribution in [0.1, 0.15) is 17.9 Å². The number of hydrogen-bond acceptors (Lipinski definition) is 1. The highest BCUT2D eigenvalue weighted by atomic mass is 15.2. The van der Waals surface area contributed by atoms with E-state index in [-0.39, 0.29) is 0 Å². The molecule has 58 heavy (non-hydrogen) atoms. The van der Waals surface area contributed by atoms with Gasteiger partial charge in [-0.05, 0) is 127 Å². The van der Waals surface area contributed by atoms with Crippen LogP contribution in [0.3, 0.4) is 0 Å². The van der Waals surface area contributed by atoms with Crippen LogP contribution in [0, 0.1) is 0 Å². The number of rotatable bonds is 4. The Morgan fingerprint density at radius 1 is 0.448 bits per heavy atom. The summed E-state index contributed by atoms with van der Waals surface area (Å²) in [5, 5.41) is 7.68. The van der Waals surface area contributed by atoms with E-state index in [9.17, 15) is 0 Å². The van der Waals surface area contributed by atoms with E-state index < -0.39 is 0 Å². The molecule has 2 heterocycles. The summed E-state index contributed by atoms with van der Waals surface area (Å²) in [7, 11) is 0. The fourth-order valence-electron chi connectivity index (χ4n) is 10.7. The SMILES string of the molecule is C1=CCC2C(=C1)N(c1cccc(-c3c4c(c(-c5cccc(-n6c7ccccc7c7ccccc76)c5)c5ccccc35)-c3cccc5cccc-4c35)c1)c1ccccc12. The van der Waals surface area contributed by atoms with Crippen LogP contribution in [0.5, 0.6) is 0 Å². The van der Waals surface area contributed by atoms with E-state index in [0.29, 0.717) is 5.92 Å². The molecule has 1 aliphatic heterocycles. The van der Waals surface area contributed by atoms with Gasteiger partial charge in [0, 0.05) is 39.4 Å². The molecule has 13 rings (SSSR count). The van der Waals surface area contributed by atoms with Crippen molar-refractivity contribution < 1.29 is 0 Å². The first-order valence-electron chi connectivity index (χ1n) is 20.4. The van der Waals surface area contributed by atoms with Crippen molar-refractivity contribution >= 4 is 54.7 Å². The number of allylic oxidation sites excluding steroid dienone is 4. The Bertz CT molecular complexity index is 3390. The minimum absolute atomic E-state index is 0.375. The topological polar surface area (TPSA) is 8.17 Å². The molecular weight excluding hydrogens is 701 g/mol. The average Bonchev–Trinajstić information content (AvgIpc) is 3.93. The van der Waals surface area contributed by atoms with E-state index in [1.807, 2.05) is 0 Å². The lowest BCUT2D eigenvalue weighted by Crippen LogP contribution is -2.14. The maximum atomic E-state index is 2.50. The second-order valence-corrected chi connectivity index (χ2v) is 15.9. The van der Waals surface area contributed by atoms with Crippen molar-refractivity contribution in [2.75, 3.05) is 4.90 Å². The molecule has 0 N–H and O–H groups in total. The zero-order valence-electron chi connectivity index (χ0n) is 31.7. The van der Waals surface area contributed by atoms with Gasteiger partial charge in [-0.25, -0.2) is 0 Å². The molecule has 2 aliphatic carbocycles. The van der Waals surface area contributed by atoms with Gasteiger partial charge < -0.3 is 9.47 Å². The Kier molecular flexibility index (Phi) is 6.59. The predicted octanol–water partition coefficient (Wildman–Crippen LogP) is 15.2. The van der Waals surface area contributed by atoms with Gasteiger partial charge in [0.25, 0.3) is 0 Å². The van der Waals surface area contributed by atoms with Gasteiger partial charge in [-0.1, -0.05) is 152 Å². The first-order chi connectivity index (χ1) is 28.8. The largest absolute Gasteiger partial charge is 0.313 e. The Morgan fingerprint density at radius 3 is 1.67 bits per heavy atom. The average molecular weight is 737 g/mol. The summed E-state index contributed by atoms with van der Waals surface area (Å²) in [6.07, 6.45) is 7.87. The van der Waals surface area contributed by atoms with Crippen molar-refractivity contribution in [3.8, 4) is 50.2 Å². The van der Waals surface area contributed by atoms with Gasteiger partial charge in [0.2, 0.25) is 0 Å². The summed E-state index contributed by atoms with van der Waals surface area (Å²) in [6.45, 7) is 0. The van der Waals surface area contributed by atoms with Gasteiger partial charge in [0.1, 0.15) is 0 Å². The zero-order chi connectivity index (χ0) is 37.9. The molecule has 10 aromatic rings. The second kappa shape index (κ2) is 12.0. The van der Waals surface area contributed by atoms with Gasteiger partial charge in [-0.2, -0.15) is 0 Å². The van der Waals surface area contributed by atoms with Crippen molar-refractivity contribution in [2.24, 2.45) is 0 Å². The van der Waals surface area contributed by atoms with E-state index in [4.69, 9.17) is 0 Å². The lowest BCUT2D eigenvalue weighted by atomic mass is 9.82. The van der Waals surface area contributed by atoms with Crippen LogP contribution in [-0.2, 0) is 0 Å². The van der Waals surface area contributed by atoms with E-state index >= 15 is 0 Å². The Morgan fingerprint density at radius 2 is 1.00 bits per heavy atom. The number of aromatic nitrogens is 1. The molecular formula is C56H36N2. The summed E-state index contributed by atoms with van der Waals surface area (Å²) in [6, 6.07) is 67.9. The van der Waals surface area contributed by atoms with Gasteiger partial charge >= 0.3 is 0 Å². The Labute approximate surface area is 336 Å². The summed E-state index contributed by atoms with van der Waals surface area (Å²) >= 11 is 0. The van der Waals surface area contributed by atoms with Crippen LogP contribution in [0.15, 0.2) is 206 Å². The Balaban J connectivity index is 1.09. The van der Waals surface area contributed by atoms with Gasteiger partial charge in [-0.3, -0.25) is 0 Å². The molecule has 0 bridgehead atoms. The molecule has 0 radical (unpaired) electrons. The predicted molar refractivity (Wildman–Crippen MR) is 244 cm³/mol. The van der Waals surface area contributed by atoms with Gasteiger partial charge in [-0.15, -0.1) is 0 Å². The van der Waals surface area contributed by atoms with Crippen LogP contribution < -0.4 is 4.90 Å². The smallest absolute Gasteiger partial charge is 0.0541 e. The monoisotopic (exact) mass is 736 g/mol. The molecule has 1 atom stereocenters. The van der Waals surface area contributed by atoms with Gasteiger partial charge in [0.15, 0.2) is 0 Å². The highest BCUT2D eigenvalue weighted by Crippen LogP contribution is 2.58. The van der Waals surface area contributed by atoms with Crippen LogP contribution in [0.25, 0.3) is 93.5 Å². The van der Waals surface area contributed by atoms with Crippen molar-refractivity contribution in [2.45, 2.75) is 12.3 Å². The van der Waals surface area contributed by atoms with Crippen molar-refractivity contribution in [3.05, 3.63) is 211 Å². The maximum Gasteiger partial charge on any atom is 0.0541 e. The number of benzene rings is 9. The summed E-state index contributed by atoms with van der Waals surface area (Å²) < 4.78 is 2.44. The lowest BCUT2D eigenvalue weighted by Gasteiger charge is -2.26. The first-order valence-corrected chi connectivity index (χ1v) is 20.4. The highest BCUT2D eigenvalue weighted by Gasteiger charge is 2.35. The summed E-state index contributed by atoms with van der Waals surface area (Å²) in [5.41, 5.74) is 19.1. The molecule has 2 heteroatoms. The standard InChI is InChI=1S/C56H36N2/c1-2-26-45-44(25-1)53(36-17-11-19-38(33-36)57-48-29-7-3-21-40(48)41-22-4-8-30-49(41)57)55-46-27-13-15-35-16-14-28-47(52(35)46)56(55)54(45)37-18-12-20-39(34-37)58-50-31-9-5-23-42(50)43-24-6-10-32-51(43)58/h1-23,25-34,43H,24H2. The molecule has 0 spiro atoms. The number of para-hydroxylation sites is 3. The minimum atomic E-state index is 0.375. The van der Waals surface area contributed by atoms with Crippen molar-refractivity contribution in [1.82, 2.24) is 4.57 Å². The fourth-order valence-corrected chi connectivity index (χ4v) is 10.7. The third kappa shape index (κ3) is 4.32. The molecule has 3 aliphatic rings. The van der Waals surface area contributed by atoms with Crippen LogP contribution in [-0.4, -0.2) is 4.57 Å². The number of anilines is 2. The fraction of sp³-hybridized carbons (Fsp3) is 0.0357.